The van der Waals surface area contributed by atoms with E-state index in [0.29, 0.717) is 11.1 Å². The Bertz CT molecular complexity index is 1010. The fourth-order valence-electron chi connectivity index (χ4n) is 2.70. The summed E-state index contributed by atoms with van der Waals surface area (Å²) in [5.74, 6) is -1.21. The molecule has 0 atom stereocenters. The number of fused-ring (bicyclic) bond motifs is 1. The maximum Gasteiger partial charge on any atom is 0.353 e. The van der Waals surface area contributed by atoms with Gasteiger partial charge in [0.2, 0.25) is 0 Å². The number of benzene rings is 1. The average molecular weight is 358 g/mol. The molecule has 0 unspecified atom stereocenters. The highest BCUT2D eigenvalue weighted by Crippen LogP contribution is 2.20. The molecule has 0 saturated heterocycles. The molecule has 1 N–H and O–H groups in total. The van der Waals surface area contributed by atoms with E-state index in [2.05, 4.69) is 4.98 Å². The molecule has 25 heavy (non-hydrogen) atoms. The second kappa shape index (κ2) is 6.66. The standard InChI is InChI=1S/C18H16ClN3O3/c1-21(2)10-11-3-5-12(6-4-11)22-14(18(24)25)9-15(23)13-7-8-16(19)20-17(13)22/h3-9H,10H2,1-2H3,(H,24,25). The summed E-state index contributed by atoms with van der Waals surface area (Å²) in [6, 6.07) is 11.6. The molecule has 0 amide bonds. The molecule has 0 fully saturated rings. The van der Waals surface area contributed by atoms with Gasteiger partial charge in [0.25, 0.3) is 0 Å². The Balaban J connectivity index is 2.28. The molecule has 3 rings (SSSR count). The molecule has 0 spiro atoms. The van der Waals surface area contributed by atoms with Crippen LogP contribution in [0.2, 0.25) is 5.15 Å². The Morgan fingerprint density at radius 2 is 1.88 bits per heavy atom. The van der Waals surface area contributed by atoms with Crippen molar-refractivity contribution in [1.82, 2.24) is 14.5 Å². The highest BCUT2D eigenvalue weighted by atomic mass is 35.5. The lowest BCUT2D eigenvalue weighted by atomic mass is 10.1. The largest absolute Gasteiger partial charge is 0.477 e. The van der Waals surface area contributed by atoms with Crippen molar-refractivity contribution in [3.63, 3.8) is 0 Å². The van der Waals surface area contributed by atoms with Gasteiger partial charge in [-0.2, -0.15) is 0 Å². The third kappa shape index (κ3) is 3.40. The summed E-state index contributed by atoms with van der Waals surface area (Å²) in [4.78, 5) is 30.1. The molecule has 2 aromatic heterocycles. The molecule has 6 nitrogen and oxygen atoms in total. The number of carbonyl (C=O) groups is 1. The predicted octanol–water partition coefficient (Wildman–Crippen LogP) is 2.80. The van der Waals surface area contributed by atoms with Crippen molar-refractivity contribution in [2.75, 3.05) is 14.1 Å². The van der Waals surface area contributed by atoms with E-state index in [-0.39, 0.29) is 16.5 Å². The zero-order valence-corrected chi connectivity index (χ0v) is 14.5. The van der Waals surface area contributed by atoms with Gasteiger partial charge < -0.3 is 10.0 Å². The molecule has 0 aliphatic rings. The molecule has 0 saturated carbocycles. The molecular weight excluding hydrogens is 342 g/mol. The summed E-state index contributed by atoms with van der Waals surface area (Å²) >= 11 is 5.97. The summed E-state index contributed by atoms with van der Waals surface area (Å²) in [5.41, 5.74) is 1.34. The van der Waals surface area contributed by atoms with Gasteiger partial charge in [0.05, 0.1) is 5.39 Å². The molecular formula is C18H16ClN3O3. The third-order valence-corrected chi connectivity index (χ3v) is 3.95. The maximum atomic E-state index is 12.2. The maximum absolute atomic E-state index is 12.2. The van der Waals surface area contributed by atoms with Crippen molar-refractivity contribution in [3.8, 4) is 5.69 Å². The zero-order valence-electron chi connectivity index (χ0n) is 13.7. The van der Waals surface area contributed by atoms with E-state index in [1.165, 1.54) is 10.6 Å². The van der Waals surface area contributed by atoms with Gasteiger partial charge in [0, 0.05) is 18.3 Å². The van der Waals surface area contributed by atoms with Crippen molar-refractivity contribution in [3.05, 3.63) is 69.1 Å². The van der Waals surface area contributed by atoms with Gasteiger partial charge in [-0.05, 0) is 43.9 Å². The average Bonchev–Trinajstić information content (AvgIpc) is 2.55. The smallest absolute Gasteiger partial charge is 0.353 e. The van der Waals surface area contributed by atoms with Gasteiger partial charge in [-0.1, -0.05) is 23.7 Å². The summed E-state index contributed by atoms with van der Waals surface area (Å²) in [6.07, 6.45) is 0. The number of aromatic carboxylic acids is 1. The van der Waals surface area contributed by atoms with Crippen LogP contribution in [-0.2, 0) is 6.54 Å². The van der Waals surface area contributed by atoms with Crippen LogP contribution in [0.1, 0.15) is 16.1 Å². The van der Waals surface area contributed by atoms with Crippen molar-refractivity contribution >= 4 is 28.6 Å². The molecule has 0 aliphatic carbocycles. The Kier molecular flexibility index (Phi) is 4.57. The summed E-state index contributed by atoms with van der Waals surface area (Å²) in [5, 5.41) is 10.0. The zero-order chi connectivity index (χ0) is 18.1. The van der Waals surface area contributed by atoms with Crippen LogP contribution < -0.4 is 5.43 Å². The van der Waals surface area contributed by atoms with E-state index in [1.807, 2.05) is 31.1 Å². The van der Waals surface area contributed by atoms with E-state index in [9.17, 15) is 14.7 Å². The fraction of sp³-hybridized carbons (Fsp3) is 0.167. The minimum atomic E-state index is -1.21. The van der Waals surface area contributed by atoms with Crippen LogP contribution in [0.3, 0.4) is 0 Å². The lowest BCUT2D eigenvalue weighted by Gasteiger charge is -2.15. The van der Waals surface area contributed by atoms with Gasteiger partial charge in [-0.25, -0.2) is 9.78 Å². The molecule has 2 heterocycles. The number of pyridine rings is 2. The van der Waals surface area contributed by atoms with Crippen LogP contribution in [0.4, 0.5) is 0 Å². The molecule has 3 aromatic rings. The van der Waals surface area contributed by atoms with E-state index in [4.69, 9.17) is 11.6 Å². The van der Waals surface area contributed by atoms with Crippen molar-refractivity contribution in [2.24, 2.45) is 0 Å². The second-order valence-corrected chi connectivity index (χ2v) is 6.33. The minimum Gasteiger partial charge on any atom is -0.477 e. The quantitative estimate of drug-likeness (QED) is 0.727. The minimum absolute atomic E-state index is 0.160. The van der Waals surface area contributed by atoms with Gasteiger partial charge in [0.15, 0.2) is 11.1 Å². The first-order valence-corrected chi connectivity index (χ1v) is 7.94. The molecule has 0 aliphatic heterocycles. The SMILES string of the molecule is CN(C)Cc1ccc(-n2c(C(=O)O)cc(=O)c3ccc(Cl)nc32)cc1. The van der Waals surface area contributed by atoms with Crippen LogP contribution in [0.15, 0.2) is 47.3 Å². The van der Waals surface area contributed by atoms with Gasteiger partial charge in [-0.15, -0.1) is 0 Å². The number of hydrogen-bond acceptors (Lipinski definition) is 4. The number of carboxylic acid groups (broad SMARTS) is 1. The van der Waals surface area contributed by atoms with Crippen LogP contribution >= 0.6 is 11.6 Å². The molecule has 7 heteroatoms. The van der Waals surface area contributed by atoms with Crippen LogP contribution in [0.25, 0.3) is 16.7 Å². The van der Waals surface area contributed by atoms with Gasteiger partial charge in [-0.3, -0.25) is 9.36 Å². The van der Waals surface area contributed by atoms with Crippen LogP contribution in [-0.4, -0.2) is 39.6 Å². The second-order valence-electron chi connectivity index (χ2n) is 5.94. The first-order valence-electron chi connectivity index (χ1n) is 7.56. The lowest BCUT2D eigenvalue weighted by molar-refractivity contribution is 0.0687. The predicted molar refractivity (Wildman–Crippen MR) is 96.7 cm³/mol. The highest BCUT2D eigenvalue weighted by molar-refractivity contribution is 6.29. The molecule has 0 bridgehead atoms. The van der Waals surface area contributed by atoms with Crippen LogP contribution in [0.5, 0.6) is 0 Å². The van der Waals surface area contributed by atoms with E-state index >= 15 is 0 Å². The van der Waals surface area contributed by atoms with Gasteiger partial charge in [0.1, 0.15) is 10.8 Å². The number of carboxylic acids is 1. The topological polar surface area (TPSA) is 75.4 Å². The van der Waals surface area contributed by atoms with E-state index in [1.54, 1.807) is 18.2 Å². The summed E-state index contributed by atoms with van der Waals surface area (Å²) < 4.78 is 1.43. The number of halogens is 1. The fourth-order valence-corrected chi connectivity index (χ4v) is 2.85. The summed E-state index contributed by atoms with van der Waals surface area (Å²) in [6.45, 7) is 0.765. The third-order valence-electron chi connectivity index (χ3n) is 3.74. The van der Waals surface area contributed by atoms with Gasteiger partial charge >= 0.3 is 5.97 Å². The van der Waals surface area contributed by atoms with Crippen molar-refractivity contribution in [1.29, 1.82) is 0 Å². The normalized spacial score (nSPS) is 11.2. The Hall–Kier alpha value is -2.70. The monoisotopic (exact) mass is 357 g/mol. The highest BCUT2D eigenvalue weighted by Gasteiger charge is 2.17. The Labute approximate surface area is 148 Å². The first-order chi connectivity index (χ1) is 11.9. The summed E-state index contributed by atoms with van der Waals surface area (Å²) in [7, 11) is 3.94. The number of hydrogen-bond donors (Lipinski definition) is 1. The Morgan fingerprint density at radius 1 is 1.20 bits per heavy atom. The van der Waals surface area contributed by atoms with Crippen LogP contribution in [0, 0.1) is 0 Å². The number of nitrogens with zero attached hydrogens (tertiary/aromatic N) is 3. The molecule has 0 radical (unpaired) electrons. The number of aromatic nitrogens is 2. The first kappa shape index (κ1) is 17.1. The Morgan fingerprint density at radius 3 is 2.48 bits per heavy atom. The number of rotatable bonds is 4. The van der Waals surface area contributed by atoms with Crippen molar-refractivity contribution in [2.45, 2.75) is 6.54 Å². The van der Waals surface area contributed by atoms with E-state index in [0.717, 1.165) is 18.2 Å². The lowest BCUT2D eigenvalue weighted by Crippen LogP contribution is -2.18. The van der Waals surface area contributed by atoms with E-state index < -0.39 is 11.4 Å². The molecule has 1 aromatic carbocycles. The molecule has 128 valence electrons. The van der Waals surface area contributed by atoms with Crippen molar-refractivity contribution < 1.29 is 9.90 Å².